The maximum Gasteiger partial charge on any atom is 0.309 e. The molecule has 20 heavy (non-hydrogen) atoms. The minimum absolute atomic E-state index is 0.0842. The minimum Gasteiger partial charge on any atom is -0.378 e. The predicted molar refractivity (Wildman–Crippen MR) is 78.7 cm³/mol. The van der Waals surface area contributed by atoms with E-state index in [0.717, 1.165) is 26.1 Å². The number of anilines is 1. The van der Waals surface area contributed by atoms with Crippen molar-refractivity contribution in [2.75, 3.05) is 31.5 Å². The van der Waals surface area contributed by atoms with E-state index in [1.54, 1.807) is 12.1 Å². The summed E-state index contributed by atoms with van der Waals surface area (Å²) in [6.45, 7) is 7.61. The Balaban J connectivity index is 2.73. The highest BCUT2D eigenvalue weighted by Crippen LogP contribution is 2.27. The molecule has 0 aliphatic rings. The summed E-state index contributed by atoms with van der Waals surface area (Å²) >= 11 is 0. The lowest BCUT2D eigenvalue weighted by molar-refractivity contribution is -0.384. The number of nitrogens with one attached hydrogen (secondary N) is 1. The maximum absolute atomic E-state index is 11.1. The number of benzene rings is 1. The Morgan fingerprint density at radius 1 is 1.40 bits per heavy atom. The van der Waals surface area contributed by atoms with Crippen LogP contribution in [0.25, 0.3) is 0 Å². The lowest BCUT2D eigenvalue weighted by Gasteiger charge is -2.19. The minimum atomic E-state index is -0.509. The number of hydrogen-bond donors (Lipinski definition) is 1. The smallest absolute Gasteiger partial charge is 0.309 e. The molecule has 0 aliphatic carbocycles. The summed E-state index contributed by atoms with van der Waals surface area (Å²) in [7, 11) is 0. The summed E-state index contributed by atoms with van der Waals surface area (Å²) < 4.78 is 0. The van der Waals surface area contributed by atoms with Gasteiger partial charge < -0.3 is 10.2 Å². The second-order valence-corrected chi connectivity index (χ2v) is 4.43. The van der Waals surface area contributed by atoms with Crippen LogP contribution in [0.15, 0.2) is 18.2 Å². The Morgan fingerprint density at radius 3 is 2.70 bits per heavy atom. The summed E-state index contributed by atoms with van der Waals surface area (Å²) in [4.78, 5) is 12.8. The molecule has 0 aliphatic heterocycles. The number of rotatable bonds is 8. The zero-order chi connectivity index (χ0) is 15.0. The van der Waals surface area contributed by atoms with Crippen molar-refractivity contribution >= 4 is 11.4 Å². The Kier molecular flexibility index (Phi) is 6.47. The fraction of sp³-hybridized carbons (Fsp3) is 0.500. The van der Waals surface area contributed by atoms with Crippen molar-refractivity contribution in [3.63, 3.8) is 0 Å². The van der Waals surface area contributed by atoms with Gasteiger partial charge in [0.2, 0.25) is 0 Å². The molecule has 6 nitrogen and oxygen atoms in total. The van der Waals surface area contributed by atoms with Gasteiger partial charge in [-0.25, -0.2) is 0 Å². The van der Waals surface area contributed by atoms with Crippen LogP contribution >= 0.6 is 0 Å². The molecule has 0 unspecified atom stereocenters. The fourth-order valence-electron chi connectivity index (χ4n) is 2.07. The first-order chi connectivity index (χ1) is 9.63. The normalized spacial score (nSPS) is 10.3. The summed E-state index contributed by atoms with van der Waals surface area (Å²) in [6.07, 6.45) is 1.08. The lowest BCUT2D eigenvalue weighted by Crippen LogP contribution is -2.29. The topological polar surface area (TPSA) is 82.2 Å². The quantitative estimate of drug-likeness (QED) is 0.583. The maximum atomic E-state index is 11.1. The molecule has 0 saturated heterocycles. The number of nitro benzene ring substituents is 1. The molecule has 6 heteroatoms. The fourth-order valence-corrected chi connectivity index (χ4v) is 2.07. The summed E-state index contributed by atoms with van der Waals surface area (Å²) in [6, 6.07) is 6.60. The SMILES string of the molecule is CCCN(CC)CCNc1cccc(C#N)c1[N+](=O)[O-]. The summed E-state index contributed by atoms with van der Waals surface area (Å²) in [5, 5.41) is 23.0. The van der Waals surface area contributed by atoms with E-state index in [2.05, 4.69) is 24.1 Å². The van der Waals surface area contributed by atoms with E-state index in [9.17, 15) is 10.1 Å². The molecule has 0 amide bonds. The third-order valence-electron chi connectivity index (χ3n) is 3.07. The van der Waals surface area contributed by atoms with E-state index in [1.165, 1.54) is 6.07 Å². The van der Waals surface area contributed by atoms with Crippen molar-refractivity contribution in [3.8, 4) is 6.07 Å². The van der Waals surface area contributed by atoms with Crippen LogP contribution in [0.4, 0.5) is 11.4 Å². The Morgan fingerprint density at radius 2 is 2.15 bits per heavy atom. The largest absolute Gasteiger partial charge is 0.378 e. The molecule has 0 spiro atoms. The molecule has 0 bridgehead atoms. The Bertz CT molecular complexity index is 496. The average Bonchev–Trinajstić information content (AvgIpc) is 2.45. The summed E-state index contributed by atoms with van der Waals surface area (Å²) in [5.74, 6) is 0. The first-order valence-electron chi connectivity index (χ1n) is 6.77. The van der Waals surface area contributed by atoms with Crippen LogP contribution in [0.5, 0.6) is 0 Å². The van der Waals surface area contributed by atoms with Crippen molar-refractivity contribution in [2.24, 2.45) is 0 Å². The molecule has 0 aromatic heterocycles. The Labute approximate surface area is 119 Å². The first-order valence-corrected chi connectivity index (χ1v) is 6.77. The predicted octanol–water partition coefficient (Wildman–Crippen LogP) is 2.61. The van der Waals surface area contributed by atoms with Gasteiger partial charge in [0.05, 0.1) is 4.92 Å². The van der Waals surface area contributed by atoms with Crippen LogP contribution in [-0.2, 0) is 0 Å². The van der Waals surface area contributed by atoms with Gasteiger partial charge in [0.15, 0.2) is 0 Å². The monoisotopic (exact) mass is 276 g/mol. The van der Waals surface area contributed by atoms with Gasteiger partial charge in [0.25, 0.3) is 0 Å². The highest BCUT2D eigenvalue weighted by atomic mass is 16.6. The number of hydrogen-bond acceptors (Lipinski definition) is 5. The highest BCUT2D eigenvalue weighted by molar-refractivity contribution is 5.68. The number of nitrogens with zero attached hydrogens (tertiary/aromatic N) is 3. The molecule has 1 rings (SSSR count). The van der Waals surface area contributed by atoms with Crippen molar-refractivity contribution in [2.45, 2.75) is 20.3 Å². The third kappa shape index (κ3) is 4.21. The second kappa shape index (κ2) is 8.12. The van der Waals surface area contributed by atoms with Crippen LogP contribution in [0.2, 0.25) is 0 Å². The summed E-state index contributed by atoms with van der Waals surface area (Å²) in [5.41, 5.74) is 0.344. The molecule has 0 heterocycles. The highest BCUT2D eigenvalue weighted by Gasteiger charge is 2.19. The van der Waals surface area contributed by atoms with Crippen molar-refractivity contribution < 1.29 is 4.92 Å². The van der Waals surface area contributed by atoms with Crippen LogP contribution in [0.1, 0.15) is 25.8 Å². The zero-order valence-corrected chi connectivity index (χ0v) is 11.9. The van der Waals surface area contributed by atoms with Gasteiger partial charge >= 0.3 is 5.69 Å². The van der Waals surface area contributed by atoms with E-state index in [0.29, 0.717) is 12.2 Å². The van der Waals surface area contributed by atoms with E-state index in [4.69, 9.17) is 5.26 Å². The van der Waals surface area contributed by atoms with Crippen molar-refractivity contribution in [1.82, 2.24) is 4.90 Å². The van der Waals surface area contributed by atoms with E-state index >= 15 is 0 Å². The lowest BCUT2D eigenvalue weighted by atomic mass is 10.1. The second-order valence-electron chi connectivity index (χ2n) is 4.43. The van der Waals surface area contributed by atoms with Gasteiger partial charge in [-0.15, -0.1) is 0 Å². The number of para-hydroxylation sites is 1. The zero-order valence-electron chi connectivity index (χ0n) is 11.9. The van der Waals surface area contributed by atoms with Gasteiger partial charge in [-0.3, -0.25) is 10.1 Å². The van der Waals surface area contributed by atoms with Gasteiger partial charge in [-0.1, -0.05) is 19.9 Å². The van der Waals surface area contributed by atoms with Crippen LogP contribution < -0.4 is 5.32 Å². The van der Waals surface area contributed by atoms with Gasteiger partial charge in [0.1, 0.15) is 17.3 Å². The van der Waals surface area contributed by atoms with E-state index in [1.807, 2.05) is 6.07 Å². The van der Waals surface area contributed by atoms with Gasteiger partial charge in [0, 0.05) is 13.1 Å². The average molecular weight is 276 g/mol. The van der Waals surface area contributed by atoms with Gasteiger partial charge in [-0.05, 0) is 31.6 Å². The number of nitro groups is 1. The number of likely N-dealkylation sites (N-methyl/N-ethyl adjacent to an activating group) is 1. The third-order valence-corrected chi connectivity index (χ3v) is 3.07. The van der Waals surface area contributed by atoms with E-state index in [-0.39, 0.29) is 11.3 Å². The van der Waals surface area contributed by atoms with Gasteiger partial charge in [-0.2, -0.15) is 5.26 Å². The molecular formula is C14H20N4O2. The standard InChI is InChI=1S/C14H20N4O2/c1-3-9-17(4-2)10-8-16-13-7-5-6-12(11-15)14(13)18(19)20/h5-7,16H,3-4,8-10H2,1-2H3. The van der Waals surface area contributed by atoms with Crippen LogP contribution in [-0.4, -0.2) is 36.0 Å². The molecule has 0 atom stereocenters. The molecular weight excluding hydrogens is 256 g/mol. The molecule has 0 saturated carbocycles. The van der Waals surface area contributed by atoms with Crippen LogP contribution in [0, 0.1) is 21.4 Å². The Hall–Kier alpha value is -2.13. The van der Waals surface area contributed by atoms with Crippen LogP contribution in [0.3, 0.4) is 0 Å². The molecule has 1 aromatic carbocycles. The van der Waals surface area contributed by atoms with E-state index < -0.39 is 4.92 Å². The molecule has 0 radical (unpaired) electrons. The molecule has 1 aromatic rings. The first kappa shape index (κ1) is 15.9. The van der Waals surface area contributed by atoms with Crippen molar-refractivity contribution in [3.05, 3.63) is 33.9 Å². The molecule has 0 fully saturated rings. The number of nitriles is 1. The molecule has 1 N–H and O–H groups in total. The molecule has 108 valence electrons. The van der Waals surface area contributed by atoms with Crippen molar-refractivity contribution in [1.29, 1.82) is 5.26 Å².